The van der Waals surface area contributed by atoms with Gasteiger partial charge in [-0.2, -0.15) is 0 Å². The first-order valence-corrected chi connectivity index (χ1v) is 9.86. The van der Waals surface area contributed by atoms with E-state index >= 15 is 0 Å². The van der Waals surface area contributed by atoms with Gasteiger partial charge in [-0.3, -0.25) is 9.69 Å². The van der Waals surface area contributed by atoms with Crippen molar-refractivity contribution in [1.29, 1.82) is 0 Å². The fraction of sp³-hybridized carbons (Fsp3) is 0.667. The molecule has 1 saturated carbocycles. The molecule has 1 aliphatic heterocycles. The Morgan fingerprint density at radius 2 is 1.96 bits per heavy atom. The van der Waals surface area contributed by atoms with Crippen molar-refractivity contribution >= 4 is 34.9 Å². The summed E-state index contributed by atoms with van der Waals surface area (Å²) in [7, 11) is 0. The fourth-order valence-electron chi connectivity index (χ4n) is 3.74. The van der Waals surface area contributed by atoms with Crippen molar-refractivity contribution in [1.82, 2.24) is 15.2 Å². The Balaban J connectivity index is 1.46. The lowest BCUT2D eigenvalue weighted by Gasteiger charge is -2.36. The first kappa shape index (κ1) is 18.7. The van der Waals surface area contributed by atoms with Gasteiger partial charge in [0.15, 0.2) is 0 Å². The molecule has 3 rings (SSSR count). The Bertz CT molecular complexity index is 605. The topological polar surface area (TPSA) is 48.5 Å². The number of carbonyl (C=O) groups excluding carboxylic acids is 1. The van der Waals surface area contributed by atoms with E-state index in [1.807, 2.05) is 0 Å². The van der Waals surface area contributed by atoms with Crippen LogP contribution in [0.15, 0.2) is 12.3 Å². The van der Waals surface area contributed by atoms with E-state index < -0.39 is 0 Å². The summed E-state index contributed by atoms with van der Waals surface area (Å²) < 4.78 is 0. The van der Waals surface area contributed by atoms with Crippen LogP contribution < -0.4 is 10.2 Å². The average molecular weight is 385 g/mol. The molecule has 138 valence electrons. The van der Waals surface area contributed by atoms with Crippen molar-refractivity contribution in [2.75, 3.05) is 37.6 Å². The van der Waals surface area contributed by atoms with Gasteiger partial charge in [-0.05, 0) is 24.8 Å². The summed E-state index contributed by atoms with van der Waals surface area (Å²) in [5.74, 6) is 1.51. The SMILES string of the molecule is CC1CCCCC1NC(=O)CN1CCN(c2ncc(Cl)cc2Cl)CC1. The molecule has 2 aliphatic rings. The highest BCUT2D eigenvalue weighted by Crippen LogP contribution is 2.27. The highest BCUT2D eigenvalue weighted by Gasteiger charge is 2.25. The Kier molecular flexibility index (Phi) is 6.42. The minimum atomic E-state index is 0.148. The molecular formula is C18H26Cl2N4O. The number of nitrogens with zero attached hydrogens (tertiary/aromatic N) is 3. The third-order valence-corrected chi connectivity index (χ3v) is 5.77. The van der Waals surface area contributed by atoms with Crippen LogP contribution in [0.4, 0.5) is 5.82 Å². The summed E-state index contributed by atoms with van der Waals surface area (Å²) in [5.41, 5.74) is 0. The van der Waals surface area contributed by atoms with Gasteiger partial charge in [0.1, 0.15) is 5.82 Å². The van der Waals surface area contributed by atoms with E-state index in [9.17, 15) is 4.79 Å². The zero-order valence-electron chi connectivity index (χ0n) is 14.7. The third kappa shape index (κ3) is 4.99. The lowest BCUT2D eigenvalue weighted by atomic mass is 9.86. The van der Waals surface area contributed by atoms with Gasteiger partial charge in [0.05, 0.1) is 16.6 Å². The predicted octanol–water partition coefficient (Wildman–Crippen LogP) is 3.21. The van der Waals surface area contributed by atoms with Crippen LogP contribution in [-0.2, 0) is 4.79 Å². The molecule has 0 bridgehead atoms. The van der Waals surface area contributed by atoms with E-state index in [-0.39, 0.29) is 5.91 Å². The molecule has 2 unspecified atom stereocenters. The van der Waals surface area contributed by atoms with Crippen LogP contribution in [-0.4, -0.2) is 54.6 Å². The number of anilines is 1. The molecule has 25 heavy (non-hydrogen) atoms. The summed E-state index contributed by atoms with van der Waals surface area (Å²) in [6, 6.07) is 2.07. The number of rotatable bonds is 4. The van der Waals surface area contributed by atoms with E-state index in [1.165, 1.54) is 19.3 Å². The van der Waals surface area contributed by atoms with Gasteiger partial charge in [0.25, 0.3) is 0 Å². The second-order valence-corrected chi connectivity index (χ2v) is 8.00. The number of hydrogen-bond donors (Lipinski definition) is 1. The molecule has 5 nitrogen and oxygen atoms in total. The van der Waals surface area contributed by atoms with Crippen molar-refractivity contribution in [3.05, 3.63) is 22.3 Å². The van der Waals surface area contributed by atoms with Gasteiger partial charge in [0, 0.05) is 38.4 Å². The number of nitrogens with one attached hydrogen (secondary N) is 1. The van der Waals surface area contributed by atoms with Gasteiger partial charge in [-0.25, -0.2) is 4.98 Å². The first-order valence-electron chi connectivity index (χ1n) is 9.10. The zero-order chi connectivity index (χ0) is 17.8. The van der Waals surface area contributed by atoms with Gasteiger partial charge in [-0.1, -0.05) is 43.0 Å². The summed E-state index contributed by atoms with van der Waals surface area (Å²) >= 11 is 12.1. The summed E-state index contributed by atoms with van der Waals surface area (Å²) in [6.45, 7) is 5.98. The number of carbonyl (C=O) groups is 1. The van der Waals surface area contributed by atoms with Crippen molar-refractivity contribution < 1.29 is 4.79 Å². The maximum absolute atomic E-state index is 12.4. The summed E-state index contributed by atoms with van der Waals surface area (Å²) in [6.07, 6.45) is 6.47. The van der Waals surface area contributed by atoms with Crippen LogP contribution in [0.2, 0.25) is 10.0 Å². The highest BCUT2D eigenvalue weighted by molar-refractivity contribution is 6.36. The van der Waals surface area contributed by atoms with Crippen molar-refractivity contribution in [2.24, 2.45) is 5.92 Å². The molecule has 0 radical (unpaired) electrons. The molecule has 7 heteroatoms. The molecule has 2 atom stereocenters. The van der Waals surface area contributed by atoms with Crippen LogP contribution in [0.5, 0.6) is 0 Å². The van der Waals surface area contributed by atoms with E-state index in [2.05, 4.69) is 27.0 Å². The fourth-order valence-corrected chi connectivity index (χ4v) is 4.24. The van der Waals surface area contributed by atoms with Gasteiger partial charge in [-0.15, -0.1) is 0 Å². The van der Waals surface area contributed by atoms with Gasteiger partial charge in [0.2, 0.25) is 5.91 Å². The molecule has 1 aromatic rings. The quantitative estimate of drug-likeness (QED) is 0.865. The molecular weight excluding hydrogens is 359 g/mol. The molecule has 1 aromatic heterocycles. The van der Waals surface area contributed by atoms with E-state index in [1.54, 1.807) is 12.3 Å². The number of aromatic nitrogens is 1. The van der Waals surface area contributed by atoms with Gasteiger partial charge >= 0.3 is 0 Å². The largest absolute Gasteiger partial charge is 0.353 e. The lowest BCUT2D eigenvalue weighted by Crippen LogP contribution is -2.51. The number of halogens is 2. The number of piperazine rings is 1. The van der Waals surface area contributed by atoms with Gasteiger partial charge < -0.3 is 10.2 Å². The predicted molar refractivity (Wildman–Crippen MR) is 102 cm³/mol. The molecule has 2 fully saturated rings. The second kappa shape index (κ2) is 8.56. The number of amides is 1. The van der Waals surface area contributed by atoms with Crippen LogP contribution in [0.1, 0.15) is 32.6 Å². The second-order valence-electron chi connectivity index (χ2n) is 7.16. The molecule has 1 saturated heterocycles. The average Bonchev–Trinajstić information content (AvgIpc) is 2.58. The number of pyridine rings is 1. The van der Waals surface area contributed by atoms with Crippen molar-refractivity contribution in [3.63, 3.8) is 0 Å². The Hall–Kier alpha value is -1.04. The molecule has 1 N–H and O–H groups in total. The Labute approximate surface area is 159 Å². The van der Waals surface area contributed by atoms with E-state index in [4.69, 9.17) is 23.2 Å². The standard InChI is InChI=1S/C18H26Cl2N4O/c1-13-4-2-3-5-16(13)22-17(25)12-23-6-8-24(9-7-23)18-15(20)10-14(19)11-21-18/h10-11,13,16H,2-9,12H2,1H3,(H,22,25). The maximum atomic E-state index is 12.4. The third-order valence-electron chi connectivity index (χ3n) is 5.29. The van der Waals surface area contributed by atoms with Crippen LogP contribution in [0.25, 0.3) is 0 Å². The van der Waals surface area contributed by atoms with Crippen LogP contribution in [0, 0.1) is 5.92 Å². The maximum Gasteiger partial charge on any atom is 0.234 e. The summed E-state index contributed by atoms with van der Waals surface area (Å²) in [5, 5.41) is 4.35. The minimum Gasteiger partial charge on any atom is -0.353 e. The Morgan fingerprint density at radius 1 is 1.24 bits per heavy atom. The molecule has 2 heterocycles. The van der Waals surface area contributed by atoms with Crippen molar-refractivity contribution in [2.45, 2.75) is 38.6 Å². The normalized spacial score (nSPS) is 25.0. The molecule has 1 amide bonds. The molecule has 0 aromatic carbocycles. The monoisotopic (exact) mass is 384 g/mol. The molecule has 0 spiro atoms. The number of hydrogen-bond acceptors (Lipinski definition) is 4. The van der Waals surface area contributed by atoms with Crippen LogP contribution >= 0.6 is 23.2 Å². The van der Waals surface area contributed by atoms with E-state index in [0.717, 1.165) is 38.4 Å². The minimum absolute atomic E-state index is 0.148. The zero-order valence-corrected chi connectivity index (χ0v) is 16.2. The van der Waals surface area contributed by atoms with Crippen LogP contribution in [0.3, 0.4) is 0 Å². The smallest absolute Gasteiger partial charge is 0.234 e. The van der Waals surface area contributed by atoms with E-state index in [0.29, 0.717) is 28.5 Å². The highest BCUT2D eigenvalue weighted by atomic mass is 35.5. The summed E-state index contributed by atoms with van der Waals surface area (Å²) in [4.78, 5) is 21.0. The van der Waals surface area contributed by atoms with Crippen molar-refractivity contribution in [3.8, 4) is 0 Å². The first-order chi connectivity index (χ1) is 12.0. The lowest BCUT2D eigenvalue weighted by molar-refractivity contribution is -0.123. The Morgan fingerprint density at radius 3 is 2.64 bits per heavy atom. The molecule has 1 aliphatic carbocycles.